The highest BCUT2D eigenvalue weighted by molar-refractivity contribution is 5.78. The van der Waals surface area contributed by atoms with Gasteiger partial charge < -0.3 is 16.4 Å². The van der Waals surface area contributed by atoms with Crippen molar-refractivity contribution in [1.29, 1.82) is 0 Å². The first-order chi connectivity index (χ1) is 11.4. The lowest BCUT2D eigenvalue weighted by Gasteiger charge is -2.31. The molecule has 1 amide bonds. The maximum Gasteiger partial charge on any atom is 0.224 e. The van der Waals surface area contributed by atoms with Crippen LogP contribution in [0.5, 0.6) is 0 Å². The maximum atomic E-state index is 12.1. The average Bonchev–Trinajstić information content (AvgIpc) is 2.56. The van der Waals surface area contributed by atoms with E-state index >= 15 is 0 Å². The van der Waals surface area contributed by atoms with Crippen molar-refractivity contribution in [2.75, 3.05) is 12.3 Å². The molecule has 0 aliphatic carbocycles. The number of amides is 1. The van der Waals surface area contributed by atoms with Crippen LogP contribution >= 0.6 is 0 Å². The first kappa shape index (κ1) is 18.0. The number of benzene rings is 2. The van der Waals surface area contributed by atoms with Gasteiger partial charge in [-0.15, -0.1) is 0 Å². The maximum absolute atomic E-state index is 12.1. The van der Waals surface area contributed by atoms with Gasteiger partial charge in [-0.25, -0.2) is 0 Å². The molecule has 0 spiro atoms. The van der Waals surface area contributed by atoms with E-state index in [2.05, 4.69) is 43.5 Å². The molecule has 0 aliphatic heterocycles. The zero-order chi connectivity index (χ0) is 17.6. The lowest BCUT2D eigenvalue weighted by atomic mass is 10.0. The fourth-order valence-corrected chi connectivity index (χ4v) is 2.67. The number of nitrogens with two attached hydrogens (primary N) is 1. The van der Waals surface area contributed by atoms with Crippen molar-refractivity contribution in [1.82, 2.24) is 10.6 Å². The second-order valence-corrected chi connectivity index (χ2v) is 6.86. The summed E-state index contributed by atoms with van der Waals surface area (Å²) in [6.45, 7) is 6.89. The molecule has 4 heteroatoms. The number of hydrogen-bond acceptors (Lipinski definition) is 3. The van der Waals surface area contributed by atoms with E-state index in [1.165, 1.54) is 5.56 Å². The van der Waals surface area contributed by atoms with E-state index in [1.54, 1.807) is 0 Å². The Bertz CT molecular complexity index is 650. The van der Waals surface area contributed by atoms with Crippen LogP contribution in [0.4, 0.5) is 5.69 Å². The van der Waals surface area contributed by atoms with Gasteiger partial charge in [-0.05, 0) is 44.0 Å². The van der Waals surface area contributed by atoms with Gasteiger partial charge in [-0.2, -0.15) is 0 Å². The molecule has 1 unspecified atom stereocenters. The molecule has 0 radical (unpaired) electrons. The summed E-state index contributed by atoms with van der Waals surface area (Å²) in [5.41, 5.74) is 8.36. The normalized spacial score (nSPS) is 12.6. The fraction of sp³-hybridized carbons (Fsp3) is 0.350. The van der Waals surface area contributed by atoms with Crippen LogP contribution in [-0.4, -0.2) is 18.0 Å². The number of hydrogen-bond donors (Lipinski definition) is 3. The molecule has 4 N–H and O–H groups in total. The molecule has 1 atom stereocenters. The van der Waals surface area contributed by atoms with Crippen molar-refractivity contribution in [3.63, 3.8) is 0 Å². The van der Waals surface area contributed by atoms with Gasteiger partial charge in [0.15, 0.2) is 0 Å². The predicted octanol–water partition coefficient (Wildman–Crippen LogP) is 3.06. The number of carbonyl (C=O) groups is 1. The van der Waals surface area contributed by atoms with Crippen LogP contribution < -0.4 is 16.4 Å². The zero-order valence-corrected chi connectivity index (χ0v) is 14.7. The van der Waals surface area contributed by atoms with Crippen molar-refractivity contribution in [2.24, 2.45) is 0 Å². The van der Waals surface area contributed by atoms with Gasteiger partial charge in [0, 0.05) is 23.8 Å². The smallest absolute Gasteiger partial charge is 0.224 e. The minimum atomic E-state index is -0.202. The third-order valence-corrected chi connectivity index (χ3v) is 3.98. The first-order valence-electron chi connectivity index (χ1n) is 8.29. The molecule has 2 rings (SSSR count). The standard InChI is InChI=1S/C20H27N3O/c1-15(17-7-5-4-6-8-17)23-20(2,3)14-22-19(24)13-16-9-11-18(21)12-10-16/h4-12,15,23H,13-14,21H2,1-3H3,(H,22,24). The van der Waals surface area contributed by atoms with Crippen LogP contribution in [0.3, 0.4) is 0 Å². The molecule has 0 fully saturated rings. The lowest BCUT2D eigenvalue weighted by molar-refractivity contribution is -0.120. The molecule has 2 aromatic rings. The Morgan fingerprint density at radius 3 is 2.33 bits per heavy atom. The van der Waals surface area contributed by atoms with Gasteiger partial charge in [-0.1, -0.05) is 42.5 Å². The van der Waals surface area contributed by atoms with Crippen molar-refractivity contribution < 1.29 is 4.79 Å². The van der Waals surface area contributed by atoms with Gasteiger partial charge in [0.2, 0.25) is 5.91 Å². The third kappa shape index (κ3) is 5.70. The van der Waals surface area contributed by atoms with Gasteiger partial charge in [0.25, 0.3) is 0 Å². The Kier molecular flexibility index (Phi) is 5.99. The van der Waals surface area contributed by atoms with Gasteiger partial charge in [-0.3, -0.25) is 4.79 Å². The molecule has 0 bridgehead atoms. The summed E-state index contributed by atoms with van der Waals surface area (Å²) in [6.07, 6.45) is 0.366. The molecule has 0 saturated heterocycles. The Balaban J connectivity index is 1.83. The zero-order valence-electron chi connectivity index (χ0n) is 14.7. The fourth-order valence-electron chi connectivity index (χ4n) is 2.67. The summed E-state index contributed by atoms with van der Waals surface area (Å²) in [6, 6.07) is 17.9. The van der Waals surface area contributed by atoms with Crippen molar-refractivity contribution in [3.05, 3.63) is 65.7 Å². The molecule has 4 nitrogen and oxygen atoms in total. The second kappa shape index (κ2) is 7.97. The Morgan fingerprint density at radius 2 is 1.71 bits per heavy atom. The number of rotatable bonds is 7. The minimum absolute atomic E-state index is 0.0158. The van der Waals surface area contributed by atoms with Gasteiger partial charge in [0.05, 0.1) is 6.42 Å². The lowest BCUT2D eigenvalue weighted by Crippen LogP contribution is -2.50. The molecule has 0 aromatic heterocycles. The minimum Gasteiger partial charge on any atom is -0.399 e. The summed E-state index contributed by atoms with van der Waals surface area (Å²) in [5.74, 6) is 0.0158. The Hall–Kier alpha value is -2.33. The van der Waals surface area contributed by atoms with E-state index in [0.717, 1.165) is 5.56 Å². The predicted molar refractivity (Wildman–Crippen MR) is 99.6 cm³/mol. The molecule has 0 heterocycles. The summed E-state index contributed by atoms with van der Waals surface area (Å²) in [7, 11) is 0. The third-order valence-electron chi connectivity index (χ3n) is 3.98. The largest absolute Gasteiger partial charge is 0.399 e. The van der Waals surface area contributed by atoms with Crippen LogP contribution in [-0.2, 0) is 11.2 Å². The highest BCUT2D eigenvalue weighted by Gasteiger charge is 2.21. The molecule has 2 aromatic carbocycles. The molecule has 0 saturated carbocycles. The molecule has 24 heavy (non-hydrogen) atoms. The quantitative estimate of drug-likeness (QED) is 0.685. The van der Waals surface area contributed by atoms with Crippen molar-refractivity contribution in [3.8, 4) is 0 Å². The molecule has 0 aliphatic rings. The Labute approximate surface area is 144 Å². The summed E-state index contributed by atoms with van der Waals surface area (Å²) >= 11 is 0. The second-order valence-electron chi connectivity index (χ2n) is 6.86. The molecule has 128 valence electrons. The average molecular weight is 325 g/mol. The number of anilines is 1. The van der Waals surface area contributed by atoms with Crippen LogP contribution in [0, 0.1) is 0 Å². The number of nitrogen functional groups attached to an aromatic ring is 1. The van der Waals surface area contributed by atoms with E-state index < -0.39 is 0 Å². The van der Waals surface area contributed by atoms with E-state index in [1.807, 2.05) is 42.5 Å². The Morgan fingerprint density at radius 1 is 1.08 bits per heavy atom. The topological polar surface area (TPSA) is 67.1 Å². The van der Waals surface area contributed by atoms with E-state index in [-0.39, 0.29) is 17.5 Å². The summed E-state index contributed by atoms with van der Waals surface area (Å²) in [5, 5.41) is 6.58. The van der Waals surface area contributed by atoms with Crippen molar-refractivity contribution >= 4 is 11.6 Å². The van der Waals surface area contributed by atoms with E-state index in [4.69, 9.17) is 5.73 Å². The highest BCUT2D eigenvalue weighted by atomic mass is 16.1. The SMILES string of the molecule is CC(NC(C)(C)CNC(=O)Cc1ccc(N)cc1)c1ccccc1. The summed E-state index contributed by atoms with van der Waals surface area (Å²) < 4.78 is 0. The van der Waals surface area contributed by atoms with Gasteiger partial charge in [0.1, 0.15) is 0 Å². The van der Waals surface area contributed by atoms with Crippen LogP contribution in [0.1, 0.15) is 37.9 Å². The molecular weight excluding hydrogens is 298 g/mol. The monoisotopic (exact) mass is 325 g/mol. The van der Waals surface area contributed by atoms with Crippen molar-refractivity contribution in [2.45, 2.75) is 38.8 Å². The number of nitrogens with one attached hydrogen (secondary N) is 2. The molecular formula is C20H27N3O. The van der Waals surface area contributed by atoms with E-state index in [9.17, 15) is 4.79 Å². The highest BCUT2D eigenvalue weighted by Crippen LogP contribution is 2.15. The van der Waals surface area contributed by atoms with E-state index in [0.29, 0.717) is 18.7 Å². The van der Waals surface area contributed by atoms with Crippen LogP contribution in [0.2, 0.25) is 0 Å². The van der Waals surface area contributed by atoms with Crippen LogP contribution in [0.25, 0.3) is 0 Å². The van der Waals surface area contributed by atoms with Crippen LogP contribution in [0.15, 0.2) is 54.6 Å². The first-order valence-corrected chi connectivity index (χ1v) is 8.29. The van der Waals surface area contributed by atoms with Gasteiger partial charge >= 0.3 is 0 Å². The number of carbonyl (C=O) groups excluding carboxylic acids is 1. The summed E-state index contributed by atoms with van der Waals surface area (Å²) in [4.78, 5) is 12.1.